The summed E-state index contributed by atoms with van der Waals surface area (Å²) in [6.07, 6.45) is 3.47. The number of aromatic nitrogens is 1. The Morgan fingerprint density at radius 1 is 1.56 bits per heavy atom. The van der Waals surface area contributed by atoms with Crippen LogP contribution in [0.25, 0.3) is 0 Å². The fourth-order valence-electron chi connectivity index (χ4n) is 2.02. The molecule has 102 valence electrons. The van der Waals surface area contributed by atoms with Gasteiger partial charge in [0.25, 0.3) is 5.91 Å². The average molecular weight is 252 g/mol. The zero-order valence-corrected chi connectivity index (χ0v) is 11.7. The number of hydrogen-bond donors (Lipinski definition) is 2. The molecule has 0 aliphatic rings. The van der Waals surface area contributed by atoms with E-state index in [1.807, 2.05) is 37.6 Å². The molecule has 1 amide bonds. The highest BCUT2D eigenvalue weighted by Gasteiger charge is 2.21. The van der Waals surface area contributed by atoms with E-state index in [4.69, 9.17) is 0 Å². The lowest BCUT2D eigenvalue weighted by Crippen LogP contribution is -2.41. The normalized spacial score (nSPS) is 14.6. The highest BCUT2D eigenvalue weighted by molar-refractivity contribution is 5.92. The summed E-state index contributed by atoms with van der Waals surface area (Å²) in [5.74, 6) is -0.134. The molecule has 1 aromatic heterocycles. The largest absolute Gasteiger partial charge is 0.388 e. The summed E-state index contributed by atoms with van der Waals surface area (Å²) in [7, 11) is 0. The monoisotopic (exact) mass is 252 g/mol. The molecule has 1 atom stereocenters. The second kappa shape index (κ2) is 6.05. The lowest BCUT2D eigenvalue weighted by Gasteiger charge is -2.23. The summed E-state index contributed by atoms with van der Waals surface area (Å²) >= 11 is 0. The molecule has 0 saturated carbocycles. The van der Waals surface area contributed by atoms with E-state index in [2.05, 4.69) is 5.32 Å². The maximum absolute atomic E-state index is 12.0. The van der Waals surface area contributed by atoms with Gasteiger partial charge in [-0.15, -0.1) is 0 Å². The van der Waals surface area contributed by atoms with Crippen LogP contribution >= 0.6 is 0 Å². The van der Waals surface area contributed by atoms with Gasteiger partial charge in [0.15, 0.2) is 0 Å². The van der Waals surface area contributed by atoms with E-state index >= 15 is 0 Å². The van der Waals surface area contributed by atoms with Crippen molar-refractivity contribution in [3.05, 3.63) is 24.0 Å². The van der Waals surface area contributed by atoms with E-state index in [0.29, 0.717) is 12.1 Å². The molecule has 0 fully saturated rings. The van der Waals surface area contributed by atoms with Crippen molar-refractivity contribution in [1.29, 1.82) is 0 Å². The number of nitrogens with zero attached hydrogens (tertiary/aromatic N) is 1. The zero-order valence-electron chi connectivity index (χ0n) is 11.7. The predicted octanol–water partition coefficient (Wildman–Crippen LogP) is 2.35. The molecule has 18 heavy (non-hydrogen) atoms. The Morgan fingerprint density at radius 2 is 2.22 bits per heavy atom. The van der Waals surface area contributed by atoms with Gasteiger partial charge >= 0.3 is 0 Å². The van der Waals surface area contributed by atoms with Crippen LogP contribution in [-0.2, 0) is 0 Å². The van der Waals surface area contributed by atoms with Crippen molar-refractivity contribution >= 4 is 5.91 Å². The summed E-state index contributed by atoms with van der Waals surface area (Å²) in [4.78, 5) is 12.0. The summed E-state index contributed by atoms with van der Waals surface area (Å²) in [6, 6.07) is 3.90. The first kappa shape index (κ1) is 14.8. The number of hydrogen-bond acceptors (Lipinski definition) is 2. The topological polar surface area (TPSA) is 54.3 Å². The predicted molar refractivity (Wildman–Crippen MR) is 72.7 cm³/mol. The molecule has 0 bridgehead atoms. The van der Waals surface area contributed by atoms with Crippen molar-refractivity contribution in [1.82, 2.24) is 9.88 Å². The van der Waals surface area contributed by atoms with Crippen molar-refractivity contribution < 1.29 is 9.90 Å². The fraction of sp³-hybridized carbons (Fsp3) is 0.643. The second-order valence-corrected chi connectivity index (χ2v) is 5.32. The molecule has 0 aliphatic carbocycles. The standard InChI is InChI=1S/C14H24N2O2/c1-5-8-14(4,18)10-15-13(17)12-7-6-9-16(12)11(2)3/h6-7,9,11,18H,5,8,10H2,1-4H3,(H,15,17). The van der Waals surface area contributed by atoms with Crippen LogP contribution in [0.1, 0.15) is 57.1 Å². The van der Waals surface area contributed by atoms with Crippen molar-refractivity contribution in [2.45, 2.75) is 52.2 Å². The Kier molecular flexibility index (Phi) is 4.96. The van der Waals surface area contributed by atoms with Gasteiger partial charge in [-0.2, -0.15) is 0 Å². The van der Waals surface area contributed by atoms with Crippen LogP contribution in [0.2, 0.25) is 0 Å². The fourth-order valence-corrected chi connectivity index (χ4v) is 2.02. The molecular formula is C14H24N2O2. The number of nitrogens with one attached hydrogen (secondary N) is 1. The molecule has 0 radical (unpaired) electrons. The molecule has 1 heterocycles. The minimum absolute atomic E-state index is 0.134. The van der Waals surface area contributed by atoms with E-state index in [1.165, 1.54) is 0 Å². The number of aliphatic hydroxyl groups is 1. The van der Waals surface area contributed by atoms with Gasteiger partial charge < -0.3 is 15.0 Å². The third-order valence-electron chi connectivity index (χ3n) is 2.99. The van der Waals surface area contributed by atoms with Gasteiger partial charge in [-0.3, -0.25) is 4.79 Å². The Bertz CT molecular complexity index is 394. The molecule has 0 aromatic carbocycles. The molecular weight excluding hydrogens is 228 g/mol. The van der Waals surface area contributed by atoms with E-state index in [1.54, 1.807) is 13.0 Å². The molecule has 4 nitrogen and oxygen atoms in total. The van der Waals surface area contributed by atoms with Crippen molar-refractivity contribution in [3.8, 4) is 0 Å². The van der Waals surface area contributed by atoms with Gasteiger partial charge in [0, 0.05) is 18.8 Å². The van der Waals surface area contributed by atoms with Crippen molar-refractivity contribution in [2.75, 3.05) is 6.54 Å². The molecule has 1 rings (SSSR count). The SMILES string of the molecule is CCCC(C)(O)CNC(=O)c1cccn1C(C)C. The van der Waals surface area contributed by atoms with E-state index in [9.17, 15) is 9.90 Å². The zero-order chi connectivity index (χ0) is 13.8. The third-order valence-corrected chi connectivity index (χ3v) is 2.99. The molecule has 1 aromatic rings. The van der Waals surface area contributed by atoms with Crippen LogP contribution in [-0.4, -0.2) is 27.7 Å². The number of amides is 1. The number of carbonyl (C=O) groups excluding carboxylic acids is 1. The van der Waals surface area contributed by atoms with Gasteiger partial charge in [-0.25, -0.2) is 0 Å². The van der Waals surface area contributed by atoms with Crippen LogP contribution in [0.15, 0.2) is 18.3 Å². The first-order chi connectivity index (χ1) is 8.37. The molecule has 2 N–H and O–H groups in total. The van der Waals surface area contributed by atoms with Gasteiger partial charge in [0.1, 0.15) is 5.69 Å². The first-order valence-electron chi connectivity index (χ1n) is 6.55. The van der Waals surface area contributed by atoms with Crippen molar-refractivity contribution in [2.24, 2.45) is 0 Å². The van der Waals surface area contributed by atoms with Crippen LogP contribution in [0.4, 0.5) is 0 Å². The highest BCUT2D eigenvalue weighted by atomic mass is 16.3. The summed E-state index contributed by atoms with van der Waals surface area (Å²) in [6.45, 7) is 8.11. The maximum Gasteiger partial charge on any atom is 0.268 e. The van der Waals surface area contributed by atoms with Crippen molar-refractivity contribution in [3.63, 3.8) is 0 Å². The summed E-state index contributed by atoms with van der Waals surface area (Å²) < 4.78 is 1.92. The minimum atomic E-state index is -0.834. The summed E-state index contributed by atoms with van der Waals surface area (Å²) in [5, 5.41) is 12.8. The quantitative estimate of drug-likeness (QED) is 0.816. The third kappa shape index (κ3) is 3.88. The highest BCUT2D eigenvalue weighted by Crippen LogP contribution is 2.13. The molecule has 0 spiro atoms. The summed E-state index contributed by atoms with van der Waals surface area (Å²) in [5.41, 5.74) is -0.197. The lowest BCUT2D eigenvalue weighted by molar-refractivity contribution is 0.0467. The van der Waals surface area contributed by atoms with Crippen LogP contribution in [0, 0.1) is 0 Å². The number of carbonyl (C=O) groups is 1. The van der Waals surface area contributed by atoms with Gasteiger partial charge in [-0.1, -0.05) is 13.3 Å². The molecule has 0 aliphatic heterocycles. The van der Waals surface area contributed by atoms with Crippen LogP contribution in [0.5, 0.6) is 0 Å². The lowest BCUT2D eigenvalue weighted by atomic mass is 10.0. The van der Waals surface area contributed by atoms with E-state index in [-0.39, 0.29) is 18.5 Å². The van der Waals surface area contributed by atoms with Gasteiger partial charge in [0.2, 0.25) is 0 Å². The minimum Gasteiger partial charge on any atom is -0.388 e. The Balaban J connectivity index is 2.63. The van der Waals surface area contributed by atoms with Gasteiger partial charge in [-0.05, 0) is 39.3 Å². The van der Waals surface area contributed by atoms with Crippen LogP contribution < -0.4 is 5.32 Å². The molecule has 4 heteroatoms. The van der Waals surface area contributed by atoms with Gasteiger partial charge in [0.05, 0.1) is 5.60 Å². The Labute approximate surface area is 109 Å². The second-order valence-electron chi connectivity index (χ2n) is 5.32. The first-order valence-corrected chi connectivity index (χ1v) is 6.55. The van der Waals surface area contributed by atoms with E-state index < -0.39 is 5.60 Å². The molecule has 0 saturated heterocycles. The molecule has 1 unspecified atom stereocenters. The maximum atomic E-state index is 12.0. The average Bonchev–Trinajstić information content (AvgIpc) is 2.74. The Morgan fingerprint density at radius 3 is 2.78 bits per heavy atom. The van der Waals surface area contributed by atoms with E-state index in [0.717, 1.165) is 6.42 Å². The number of rotatable bonds is 6. The smallest absolute Gasteiger partial charge is 0.268 e. The Hall–Kier alpha value is -1.29. The van der Waals surface area contributed by atoms with Crippen LogP contribution in [0.3, 0.4) is 0 Å².